The molecule has 20 heavy (non-hydrogen) atoms. The lowest BCUT2D eigenvalue weighted by Gasteiger charge is -2.10. The number of nitrogens with zero attached hydrogens (tertiary/aromatic N) is 1. The Morgan fingerprint density at radius 2 is 1.95 bits per heavy atom. The van der Waals surface area contributed by atoms with Crippen molar-refractivity contribution in [3.63, 3.8) is 0 Å². The highest BCUT2D eigenvalue weighted by Crippen LogP contribution is 2.35. The van der Waals surface area contributed by atoms with E-state index in [1.165, 1.54) is 6.07 Å². The first-order valence-corrected chi connectivity index (χ1v) is 5.50. The number of hydrogen-bond donors (Lipinski definition) is 2. The molecule has 0 amide bonds. The van der Waals surface area contributed by atoms with E-state index < -0.39 is 34.0 Å². The van der Waals surface area contributed by atoms with E-state index >= 15 is 0 Å². The predicted octanol–water partition coefficient (Wildman–Crippen LogP) is 2.54. The number of aromatic nitrogens is 2. The highest BCUT2D eigenvalue weighted by atomic mass is 35.5. The first-order valence-electron chi connectivity index (χ1n) is 5.12. The lowest BCUT2D eigenvalue weighted by Crippen LogP contribution is -2.15. The lowest BCUT2D eigenvalue weighted by molar-refractivity contribution is -0.137. The fraction of sp³-hybridized carbons (Fsp3) is 0.0909. The summed E-state index contributed by atoms with van der Waals surface area (Å²) in [5.41, 5.74) is -2.51. The Hall–Kier alpha value is -2.22. The standard InChI is InChI=1S/C11H6ClF3N2O3/c12-7-2-1-5(3-6(7)11(13,14)15)17-9(18)4-8(16-17)10(19)20/h1-4,16H,(H,19,20). The number of benzene rings is 1. The predicted molar refractivity (Wildman–Crippen MR) is 63.4 cm³/mol. The first-order chi connectivity index (χ1) is 9.20. The van der Waals surface area contributed by atoms with E-state index in [1.807, 2.05) is 0 Å². The van der Waals surface area contributed by atoms with Gasteiger partial charge in [-0.1, -0.05) is 11.6 Å². The number of alkyl halides is 3. The van der Waals surface area contributed by atoms with Gasteiger partial charge in [0.05, 0.1) is 16.3 Å². The fourth-order valence-electron chi connectivity index (χ4n) is 1.57. The normalized spacial score (nSPS) is 11.6. The molecule has 5 nitrogen and oxygen atoms in total. The molecule has 1 aromatic heterocycles. The van der Waals surface area contributed by atoms with Gasteiger partial charge in [-0.25, -0.2) is 9.48 Å². The van der Waals surface area contributed by atoms with Crippen LogP contribution < -0.4 is 5.56 Å². The van der Waals surface area contributed by atoms with Crippen molar-refractivity contribution >= 4 is 17.6 Å². The maximum Gasteiger partial charge on any atom is 0.417 e. The minimum absolute atomic E-state index is 0.167. The van der Waals surface area contributed by atoms with Gasteiger partial charge in [0.25, 0.3) is 5.56 Å². The molecule has 9 heteroatoms. The lowest BCUT2D eigenvalue weighted by atomic mass is 10.2. The molecule has 0 spiro atoms. The molecule has 0 radical (unpaired) electrons. The monoisotopic (exact) mass is 306 g/mol. The SMILES string of the molecule is O=C(O)c1cc(=O)n(-c2ccc(Cl)c(C(F)(F)F)c2)[nH]1. The van der Waals surface area contributed by atoms with E-state index in [1.54, 1.807) is 0 Å². The molecule has 2 rings (SSSR count). The summed E-state index contributed by atoms with van der Waals surface area (Å²) >= 11 is 5.45. The Bertz CT molecular complexity index is 733. The third kappa shape index (κ3) is 2.55. The summed E-state index contributed by atoms with van der Waals surface area (Å²) in [7, 11) is 0. The molecule has 1 heterocycles. The van der Waals surface area contributed by atoms with E-state index in [-0.39, 0.29) is 5.69 Å². The van der Waals surface area contributed by atoms with Gasteiger partial charge in [0.2, 0.25) is 0 Å². The zero-order chi connectivity index (χ0) is 15.1. The number of hydrogen-bond acceptors (Lipinski definition) is 2. The van der Waals surface area contributed by atoms with Gasteiger partial charge in [-0.05, 0) is 18.2 Å². The topological polar surface area (TPSA) is 75.1 Å². The number of H-pyrrole nitrogens is 1. The molecular formula is C11H6ClF3N2O3. The number of halogens is 4. The molecule has 0 saturated carbocycles. The molecule has 0 bridgehead atoms. The summed E-state index contributed by atoms with van der Waals surface area (Å²) in [6.07, 6.45) is -4.68. The summed E-state index contributed by atoms with van der Waals surface area (Å²) in [5.74, 6) is -1.40. The third-order valence-corrected chi connectivity index (χ3v) is 2.79. The van der Waals surface area contributed by atoms with E-state index in [2.05, 4.69) is 5.10 Å². The zero-order valence-electron chi connectivity index (χ0n) is 9.53. The average molecular weight is 307 g/mol. The Balaban J connectivity index is 2.60. The van der Waals surface area contributed by atoms with Gasteiger partial charge in [0.15, 0.2) is 0 Å². The second-order valence-electron chi connectivity index (χ2n) is 3.81. The van der Waals surface area contributed by atoms with Crippen molar-refractivity contribution in [1.29, 1.82) is 0 Å². The summed E-state index contributed by atoms with van der Waals surface area (Å²) in [6, 6.07) is 3.57. The first kappa shape index (κ1) is 14.2. The summed E-state index contributed by atoms with van der Waals surface area (Å²) in [4.78, 5) is 22.2. The number of nitrogens with one attached hydrogen (secondary N) is 1. The average Bonchev–Trinajstić information content (AvgIpc) is 2.71. The van der Waals surface area contributed by atoms with Crippen LogP contribution in [0.2, 0.25) is 5.02 Å². The largest absolute Gasteiger partial charge is 0.477 e. The van der Waals surface area contributed by atoms with Crippen molar-refractivity contribution in [2.45, 2.75) is 6.18 Å². The van der Waals surface area contributed by atoms with E-state index in [9.17, 15) is 22.8 Å². The van der Waals surface area contributed by atoms with Crippen LogP contribution in [0.3, 0.4) is 0 Å². The Morgan fingerprint density at radius 1 is 1.30 bits per heavy atom. The van der Waals surface area contributed by atoms with Gasteiger partial charge in [-0.15, -0.1) is 0 Å². The van der Waals surface area contributed by atoms with E-state index in [4.69, 9.17) is 16.7 Å². The van der Waals surface area contributed by atoms with Crippen molar-refractivity contribution in [3.05, 3.63) is 50.9 Å². The van der Waals surface area contributed by atoms with Crippen molar-refractivity contribution in [3.8, 4) is 5.69 Å². The smallest absolute Gasteiger partial charge is 0.417 e. The van der Waals surface area contributed by atoms with Crippen LogP contribution >= 0.6 is 11.6 Å². The van der Waals surface area contributed by atoms with Crippen LogP contribution in [0, 0.1) is 0 Å². The fourth-order valence-corrected chi connectivity index (χ4v) is 1.79. The van der Waals surface area contributed by atoms with Gasteiger partial charge in [-0.2, -0.15) is 13.2 Å². The highest BCUT2D eigenvalue weighted by Gasteiger charge is 2.33. The molecule has 0 saturated heterocycles. The molecule has 0 aliphatic heterocycles. The molecule has 0 fully saturated rings. The summed E-state index contributed by atoms with van der Waals surface area (Å²) in [5, 5.41) is 10.4. The van der Waals surface area contributed by atoms with Gasteiger partial charge in [-0.3, -0.25) is 9.89 Å². The number of carbonyl (C=O) groups is 1. The van der Waals surface area contributed by atoms with Crippen molar-refractivity contribution in [2.75, 3.05) is 0 Å². The van der Waals surface area contributed by atoms with Crippen LogP contribution in [0.4, 0.5) is 13.2 Å². The molecule has 0 aliphatic rings. The Labute approximate surface area is 114 Å². The van der Waals surface area contributed by atoms with Gasteiger partial charge >= 0.3 is 12.1 Å². The van der Waals surface area contributed by atoms with Crippen molar-refractivity contribution in [2.24, 2.45) is 0 Å². The molecule has 106 valence electrons. The van der Waals surface area contributed by atoms with Crippen LogP contribution in [-0.2, 0) is 6.18 Å². The maximum absolute atomic E-state index is 12.7. The second-order valence-corrected chi connectivity index (χ2v) is 4.22. The van der Waals surface area contributed by atoms with E-state index in [0.717, 1.165) is 12.1 Å². The summed E-state index contributed by atoms with van der Waals surface area (Å²) < 4.78 is 38.8. The Morgan fingerprint density at radius 3 is 2.45 bits per heavy atom. The van der Waals surface area contributed by atoms with Crippen LogP contribution in [-0.4, -0.2) is 20.9 Å². The minimum atomic E-state index is -4.68. The van der Waals surface area contributed by atoms with Crippen molar-refractivity contribution < 1.29 is 23.1 Å². The number of aromatic amines is 1. The van der Waals surface area contributed by atoms with Gasteiger partial charge in [0, 0.05) is 6.07 Å². The van der Waals surface area contributed by atoms with Crippen molar-refractivity contribution in [1.82, 2.24) is 9.78 Å². The molecule has 1 aromatic carbocycles. The number of carboxylic acid groups (broad SMARTS) is 1. The number of carboxylic acids is 1. The maximum atomic E-state index is 12.7. The van der Waals surface area contributed by atoms with Gasteiger partial charge < -0.3 is 5.11 Å². The van der Waals surface area contributed by atoms with Crippen LogP contribution in [0.1, 0.15) is 16.1 Å². The molecule has 0 unspecified atom stereocenters. The zero-order valence-corrected chi connectivity index (χ0v) is 10.3. The highest BCUT2D eigenvalue weighted by molar-refractivity contribution is 6.31. The number of rotatable bonds is 2. The molecular weight excluding hydrogens is 301 g/mol. The summed E-state index contributed by atoms with van der Waals surface area (Å²) in [6.45, 7) is 0. The quantitative estimate of drug-likeness (QED) is 0.895. The molecule has 2 N–H and O–H groups in total. The van der Waals surface area contributed by atoms with Gasteiger partial charge in [0.1, 0.15) is 5.69 Å². The van der Waals surface area contributed by atoms with Crippen LogP contribution in [0.25, 0.3) is 5.69 Å². The third-order valence-electron chi connectivity index (χ3n) is 2.46. The Kier molecular flexibility index (Phi) is 3.34. The minimum Gasteiger partial charge on any atom is -0.477 e. The van der Waals surface area contributed by atoms with E-state index in [0.29, 0.717) is 10.7 Å². The molecule has 2 aromatic rings. The second kappa shape index (κ2) is 4.71. The molecule has 0 aliphatic carbocycles. The molecule has 0 atom stereocenters. The van der Waals surface area contributed by atoms with Crippen LogP contribution in [0.5, 0.6) is 0 Å². The van der Waals surface area contributed by atoms with Crippen LogP contribution in [0.15, 0.2) is 29.1 Å². The number of aromatic carboxylic acids is 1.